The van der Waals surface area contributed by atoms with Crippen molar-refractivity contribution in [1.29, 1.82) is 0 Å². The van der Waals surface area contributed by atoms with Crippen LogP contribution in [0.2, 0.25) is 20.1 Å². The summed E-state index contributed by atoms with van der Waals surface area (Å²) in [6, 6.07) is 13.6. The number of ketones is 1. The molecular weight excluding hydrogens is 639 g/mol. The van der Waals surface area contributed by atoms with Crippen LogP contribution < -0.4 is 15.4 Å². The third-order valence-corrected chi connectivity index (χ3v) is 7.55. The van der Waals surface area contributed by atoms with Crippen LogP contribution in [-0.2, 0) is 20.8 Å². The molecule has 0 aromatic heterocycles. The highest BCUT2D eigenvalue weighted by Gasteiger charge is 2.45. The summed E-state index contributed by atoms with van der Waals surface area (Å²) in [5.41, 5.74) is 0.814. The van der Waals surface area contributed by atoms with E-state index in [1.54, 1.807) is 30.3 Å². The Morgan fingerprint density at radius 3 is 1.93 bits per heavy atom. The minimum absolute atomic E-state index is 0.0483. The number of Topliss-reactive ketones (excluding diaryl/α,β-unsaturated/α-hetero) is 1. The van der Waals surface area contributed by atoms with E-state index in [0.29, 0.717) is 10.6 Å². The molecule has 0 aliphatic carbocycles. The predicted octanol–water partition coefficient (Wildman–Crippen LogP) is 7.42. The van der Waals surface area contributed by atoms with Crippen LogP contribution in [0, 0.1) is 5.92 Å². The van der Waals surface area contributed by atoms with Crippen molar-refractivity contribution in [3.05, 3.63) is 97.9 Å². The Kier molecular flexibility index (Phi) is 11.5. The van der Waals surface area contributed by atoms with E-state index in [1.807, 2.05) is 0 Å². The van der Waals surface area contributed by atoms with Crippen LogP contribution in [-0.4, -0.2) is 35.9 Å². The van der Waals surface area contributed by atoms with E-state index in [1.165, 1.54) is 50.2 Å². The van der Waals surface area contributed by atoms with E-state index in [9.17, 15) is 27.6 Å². The van der Waals surface area contributed by atoms with Crippen molar-refractivity contribution in [3.8, 4) is 5.75 Å². The molecule has 2 N–H and O–H groups in total. The summed E-state index contributed by atoms with van der Waals surface area (Å²) in [4.78, 5) is 39.1. The van der Waals surface area contributed by atoms with Gasteiger partial charge in [0.25, 0.3) is 11.7 Å². The fourth-order valence-electron chi connectivity index (χ4n) is 3.91. The first-order valence-electron chi connectivity index (χ1n) is 12.5. The Hall–Kier alpha value is -2.98. The Bertz CT molecular complexity index is 1380. The fourth-order valence-corrected chi connectivity index (χ4v) is 4.52. The normalized spacial score (nSPS) is 13.7. The number of hydrogen-bond donors (Lipinski definition) is 2. The van der Waals surface area contributed by atoms with Gasteiger partial charge in [0, 0.05) is 12.5 Å². The number of nitrogens with one attached hydrogen (secondary N) is 2. The molecule has 0 saturated heterocycles. The van der Waals surface area contributed by atoms with Gasteiger partial charge in [-0.2, -0.15) is 13.2 Å². The lowest BCUT2D eigenvalue weighted by molar-refractivity contribution is -0.175. The highest BCUT2D eigenvalue weighted by atomic mass is 35.5. The molecule has 3 aromatic rings. The van der Waals surface area contributed by atoms with Gasteiger partial charge in [-0.1, -0.05) is 96.6 Å². The maximum Gasteiger partial charge on any atom is 0.452 e. The third kappa shape index (κ3) is 9.01. The zero-order valence-electron chi connectivity index (χ0n) is 22.1. The molecule has 0 fully saturated rings. The van der Waals surface area contributed by atoms with Crippen molar-refractivity contribution in [2.24, 2.45) is 5.92 Å². The number of carbonyl (C=O) groups excluding carboxylic acids is 3. The number of carbonyl (C=O) groups is 3. The number of hydrogen-bond acceptors (Lipinski definition) is 4. The lowest BCUT2D eigenvalue weighted by atomic mass is 9.97. The molecule has 0 heterocycles. The Labute approximate surface area is 260 Å². The molecule has 0 aliphatic heterocycles. The Balaban J connectivity index is 1.95. The van der Waals surface area contributed by atoms with E-state index < -0.39 is 47.9 Å². The third-order valence-electron chi connectivity index (χ3n) is 6.07. The molecule has 0 saturated carbocycles. The second kappa shape index (κ2) is 14.5. The lowest BCUT2D eigenvalue weighted by Gasteiger charge is -2.27. The minimum Gasteiger partial charge on any atom is -0.480 e. The van der Waals surface area contributed by atoms with Gasteiger partial charge in [0.05, 0.1) is 26.1 Å². The van der Waals surface area contributed by atoms with Crippen molar-refractivity contribution in [2.45, 2.75) is 44.6 Å². The summed E-state index contributed by atoms with van der Waals surface area (Å²) in [6.07, 6.45) is -6.50. The number of amides is 2. The molecule has 42 heavy (non-hydrogen) atoms. The summed E-state index contributed by atoms with van der Waals surface area (Å²) >= 11 is 24.3. The second-order valence-electron chi connectivity index (χ2n) is 9.58. The summed E-state index contributed by atoms with van der Waals surface area (Å²) in [5.74, 6) is -4.63. The van der Waals surface area contributed by atoms with Gasteiger partial charge in [-0.15, -0.1) is 0 Å². The molecule has 6 nitrogen and oxygen atoms in total. The van der Waals surface area contributed by atoms with Crippen molar-refractivity contribution in [3.63, 3.8) is 0 Å². The van der Waals surface area contributed by atoms with E-state index in [-0.39, 0.29) is 32.8 Å². The summed E-state index contributed by atoms with van der Waals surface area (Å²) in [7, 11) is 0. The second-order valence-corrected chi connectivity index (χ2v) is 11.2. The molecule has 3 atom stereocenters. The zero-order chi connectivity index (χ0) is 31.2. The Morgan fingerprint density at radius 1 is 0.786 bits per heavy atom. The number of halogens is 7. The van der Waals surface area contributed by atoms with Crippen LogP contribution in [0.3, 0.4) is 0 Å². The smallest absolute Gasteiger partial charge is 0.452 e. The average molecular weight is 664 g/mol. The lowest BCUT2D eigenvalue weighted by Crippen LogP contribution is -2.53. The van der Waals surface area contributed by atoms with E-state index in [4.69, 9.17) is 51.1 Å². The van der Waals surface area contributed by atoms with Crippen LogP contribution >= 0.6 is 46.4 Å². The van der Waals surface area contributed by atoms with Gasteiger partial charge in [-0.25, -0.2) is 0 Å². The van der Waals surface area contributed by atoms with Gasteiger partial charge in [-0.05, 0) is 41.3 Å². The quantitative estimate of drug-likeness (QED) is 0.224. The van der Waals surface area contributed by atoms with Crippen LogP contribution in [0.1, 0.15) is 31.0 Å². The first-order valence-corrected chi connectivity index (χ1v) is 14.0. The number of rotatable bonds is 11. The van der Waals surface area contributed by atoms with Gasteiger partial charge < -0.3 is 15.4 Å². The van der Waals surface area contributed by atoms with Crippen LogP contribution in [0.5, 0.6) is 5.75 Å². The van der Waals surface area contributed by atoms with Crippen LogP contribution in [0.25, 0.3) is 0 Å². The van der Waals surface area contributed by atoms with Crippen LogP contribution in [0.4, 0.5) is 13.2 Å². The first kappa shape index (κ1) is 33.5. The molecule has 2 unspecified atom stereocenters. The molecule has 3 aromatic carbocycles. The molecule has 0 bridgehead atoms. The molecule has 2 amide bonds. The van der Waals surface area contributed by atoms with Gasteiger partial charge in [0.15, 0.2) is 6.10 Å². The zero-order valence-corrected chi connectivity index (χ0v) is 25.2. The summed E-state index contributed by atoms with van der Waals surface area (Å²) < 4.78 is 45.7. The monoisotopic (exact) mass is 662 g/mol. The maximum atomic E-state index is 13.7. The molecule has 0 aliphatic rings. The highest BCUT2D eigenvalue weighted by Crippen LogP contribution is 2.29. The predicted molar refractivity (Wildman–Crippen MR) is 156 cm³/mol. The van der Waals surface area contributed by atoms with Crippen molar-refractivity contribution < 1.29 is 32.3 Å². The number of alkyl halides is 3. The molecule has 224 valence electrons. The summed E-state index contributed by atoms with van der Waals surface area (Å²) in [5, 5.41) is 5.67. The van der Waals surface area contributed by atoms with E-state index in [0.717, 1.165) is 0 Å². The van der Waals surface area contributed by atoms with Crippen molar-refractivity contribution >= 4 is 64.0 Å². The molecule has 0 radical (unpaired) electrons. The van der Waals surface area contributed by atoms with Gasteiger partial charge in [0.2, 0.25) is 5.91 Å². The largest absolute Gasteiger partial charge is 0.480 e. The van der Waals surface area contributed by atoms with Crippen LogP contribution in [0.15, 0.2) is 66.7 Å². The van der Waals surface area contributed by atoms with Crippen molar-refractivity contribution in [2.75, 3.05) is 0 Å². The standard InChI is InChI=1S/C29H25Cl4F3N2O4/c1-15(2)24(26(39)29(34,35)36)37-28(41)25(17-6-4-3-5-7-17)38-27(40)23(13-16-8-10-19(30)21(32)12-16)42-18-9-11-20(31)22(33)14-18/h3-12,14-15,23-25H,13H2,1-2H3,(H,37,41)(H,38,40)/t23?,24-,25?/m0/s1. The van der Waals surface area contributed by atoms with Crippen molar-refractivity contribution in [1.82, 2.24) is 10.6 Å². The van der Waals surface area contributed by atoms with E-state index >= 15 is 0 Å². The topological polar surface area (TPSA) is 84.5 Å². The fraction of sp³-hybridized carbons (Fsp3) is 0.276. The van der Waals surface area contributed by atoms with Gasteiger partial charge >= 0.3 is 6.18 Å². The SMILES string of the molecule is CC(C)[C@H](NC(=O)C(NC(=O)C(Cc1ccc(Cl)c(Cl)c1)Oc1ccc(Cl)c(Cl)c1)c1ccccc1)C(=O)C(F)(F)F. The van der Waals surface area contributed by atoms with Gasteiger partial charge in [0.1, 0.15) is 11.8 Å². The highest BCUT2D eigenvalue weighted by molar-refractivity contribution is 6.42. The number of ether oxygens (including phenoxy) is 1. The number of benzene rings is 3. The molecular formula is C29H25Cl4F3N2O4. The summed E-state index contributed by atoms with van der Waals surface area (Å²) in [6.45, 7) is 2.73. The molecule has 0 spiro atoms. The maximum absolute atomic E-state index is 13.7. The first-order chi connectivity index (χ1) is 19.7. The Morgan fingerprint density at radius 2 is 1.38 bits per heavy atom. The van der Waals surface area contributed by atoms with E-state index in [2.05, 4.69) is 10.6 Å². The molecule has 13 heteroatoms. The minimum atomic E-state index is -5.17. The average Bonchev–Trinajstić information content (AvgIpc) is 2.93. The van der Waals surface area contributed by atoms with Gasteiger partial charge in [-0.3, -0.25) is 14.4 Å². The molecule has 3 rings (SSSR count).